The first-order valence-corrected chi connectivity index (χ1v) is 4.79. The molecule has 0 saturated heterocycles. The van der Waals surface area contributed by atoms with Crippen LogP contribution in [-0.4, -0.2) is 12.2 Å². The minimum absolute atomic E-state index is 0.409. The summed E-state index contributed by atoms with van der Waals surface area (Å²) in [5.41, 5.74) is 6.01. The summed E-state index contributed by atoms with van der Waals surface area (Å²) in [6.07, 6.45) is 1.85. The molecule has 0 spiro atoms. The van der Waals surface area contributed by atoms with Crippen molar-refractivity contribution >= 4 is 17.7 Å². The first-order valence-electron chi connectivity index (χ1n) is 3.57. The van der Waals surface area contributed by atoms with Crippen molar-refractivity contribution in [2.75, 3.05) is 6.26 Å². The van der Waals surface area contributed by atoms with Crippen LogP contribution >= 0.6 is 11.8 Å². The van der Waals surface area contributed by atoms with Crippen molar-refractivity contribution in [2.24, 2.45) is 5.73 Å². The molecule has 0 heterocycles. The van der Waals surface area contributed by atoms with Crippen LogP contribution in [0.4, 0.5) is 0 Å². The quantitative estimate of drug-likeness (QED) is 0.720. The topological polar surface area (TPSA) is 66.9 Å². The Hall–Kier alpha value is -1.47. The number of hydrogen-bond donors (Lipinski definition) is 1. The highest BCUT2D eigenvalue weighted by atomic mass is 32.2. The molecule has 13 heavy (non-hydrogen) atoms. The van der Waals surface area contributed by atoms with Crippen molar-refractivity contribution in [3.8, 4) is 6.07 Å². The number of rotatable bonds is 2. The Balaban J connectivity index is 3.28. The number of carbonyl (C=O) groups is 1. The van der Waals surface area contributed by atoms with Crippen molar-refractivity contribution in [3.63, 3.8) is 0 Å². The number of thioether (sulfide) groups is 1. The zero-order valence-corrected chi connectivity index (χ0v) is 7.89. The fourth-order valence-corrected chi connectivity index (χ4v) is 1.55. The van der Waals surface area contributed by atoms with Gasteiger partial charge in [-0.05, 0) is 24.5 Å². The zero-order chi connectivity index (χ0) is 9.84. The van der Waals surface area contributed by atoms with E-state index in [1.165, 1.54) is 17.8 Å². The van der Waals surface area contributed by atoms with Gasteiger partial charge in [-0.25, -0.2) is 0 Å². The number of nitrogens with zero attached hydrogens (tertiary/aromatic N) is 1. The van der Waals surface area contributed by atoms with Crippen LogP contribution in [0.15, 0.2) is 23.1 Å². The number of amides is 1. The Morgan fingerprint density at radius 2 is 2.31 bits per heavy atom. The molecular formula is C9H8N2OS. The Kier molecular flexibility index (Phi) is 2.93. The zero-order valence-electron chi connectivity index (χ0n) is 7.07. The molecule has 2 N–H and O–H groups in total. The Morgan fingerprint density at radius 1 is 1.62 bits per heavy atom. The molecule has 0 aromatic heterocycles. The maximum atomic E-state index is 10.9. The molecule has 0 saturated carbocycles. The predicted molar refractivity (Wildman–Crippen MR) is 51.5 cm³/mol. The van der Waals surface area contributed by atoms with Crippen molar-refractivity contribution < 1.29 is 4.79 Å². The summed E-state index contributed by atoms with van der Waals surface area (Å²) in [7, 11) is 0. The fourth-order valence-electron chi connectivity index (χ4n) is 0.970. The first-order chi connectivity index (χ1) is 6.19. The summed E-state index contributed by atoms with van der Waals surface area (Å²) in [5.74, 6) is -0.499. The Labute approximate surface area is 80.5 Å². The van der Waals surface area contributed by atoms with Gasteiger partial charge in [-0.1, -0.05) is 0 Å². The molecule has 0 aliphatic heterocycles. The summed E-state index contributed by atoms with van der Waals surface area (Å²) in [5, 5.41) is 8.60. The summed E-state index contributed by atoms with van der Waals surface area (Å²) in [6, 6.07) is 6.86. The van der Waals surface area contributed by atoms with Gasteiger partial charge in [-0.3, -0.25) is 4.79 Å². The number of nitrogens with two attached hydrogens (primary N) is 1. The lowest BCUT2D eigenvalue weighted by Gasteiger charge is -2.02. The molecule has 1 aromatic rings. The maximum absolute atomic E-state index is 10.9. The average Bonchev–Trinajstić information content (AvgIpc) is 2.16. The molecule has 0 bridgehead atoms. The van der Waals surface area contributed by atoms with Crippen molar-refractivity contribution in [1.29, 1.82) is 5.26 Å². The smallest absolute Gasteiger partial charge is 0.249 e. The number of nitriles is 1. The van der Waals surface area contributed by atoms with E-state index in [9.17, 15) is 4.79 Å². The molecule has 1 amide bonds. The van der Waals surface area contributed by atoms with E-state index in [0.717, 1.165) is 4.90 Å². The van der Waals surface area contributed by atoms with E-state index < -0.39 is 5.91 Å². The molecular weight excluding hydrogens is 184 g/mol. The van der Waals surface area contributed by atoms with Crippen LogP contribution in [0.3, 0.4) is 0 Å². The third kappa shape index (κ3) is 2.01. The highest BCUT2D eigenvalue weighted by molar-refractivity contribution is 7.98. The van der Waals surface area contributed by atoms with E-state index >= 15 is 0 Å². The predicted octanol–water partition coefficient (Wildman–Crippen LogP) is 1.38. The minimum atomic E-state index is -0.499. The Bertz CT molecular complexity index is 382. The maximum Gasteiger partial charge on any atom is 0.249 e. The number of hydrogen-bond acceptors (Lipinski definition) is 3. The summed E-state index contributed by atoms with van der Waals surface area (Å²) < 4.78 is 0. The van der Waals surface area contributed by atoms with Crippen molar-refractivity contribution in [3.05, 3.63) is 29.3 Å². The molecule has 0 unspecified atom stereocenters. The monoisotopic (exact) mass is 192 g/mol. The number of primary amides is 1. The van der Waals surface area contributed by atoms with E-state index in [0.29, 0.717) is 11.1 Å². The lowest BCUT2D eigenvalue weighted by atomic mass is 10.1. The van der Waals surface area contributed by atoms with Crippen LogP contribution in [0.25, 0.3) is 0 Å². The molecule has 66 valence electrons. The number of carbonyl (C=O) groups excluding carboxylic acids is 1. The molecule has 4 heteroatoms. The molecule has 3 nitrogen and oxygen atoms in total. The van der Waals surface area contributed by atoms with Crippen LogP contribution in [0.5, 0.6) is 0 Å². The Morgan fingerprint density at radius 3 is 2.77 bits per heavy atom. The molecule has 0 atom stereocenters. The molecule has 1 rings (SSSR count). The summed E-state index contributed by atoms with van der Waals surface area (Å²) >= 11 is 1.43. The molecule has 0 radical (unpaired) electrons. The molecule has 0 aliphatic rings. The van der Waals surface area contributed by atoms with Gasteiger partial charge in [-0.2, -0.15) is 5.26 Å². The molecule has 0 aliphatic carbocycles. The summed E-state index contributed by atoms with van der Waals surface area (Å²) in [4.78, 5) is 11.7. The third-order valence-corrected chi connectivity index (χ3v) is 2.39. The lowest BCUT2D eigenvalue weighted by molar-refractivity contribution is 0.0997. The first kappa shape index (κ1) is 9.62. The van der Waals surface area contributed by atoms with Crippen LogP contribution in [-0.2, 0) is 0 Å². The average molecular weight is 192 g/mol. The van der Waals surface area contributed by atoms with Crippen molar-refractivity contribution in [1.82, 2.24) is 0 Å². The largest absolute Gasteiger partial charge is 0.366 e. The molecule has 1 aromatic carbocycles. The van der Waals surface area contributed by atoms with E-state index in [4.69, 9.17) is 11.0 Å². The van der Waals surface area contributed by atoms with Crippen LogP contribution in [0.1, 0.15) is 15.9 Å². The van der Waals surface area contributed by atoms with Gasteiger partial charge in [-0.15, -0.1) is 11.8 Å². The second-order valence-electron chi connectivity index (χ2n) is 2.39. The fraction of sp³-hybridized carbons (Fsp3) is 0.111. The van der Waals surface area contributed by atoms with Crippen molar-refractivity contribution in [2.45, 2.75) is 4.90 Å². The van der Waals surface area contributed by atoms with Crippen LogP contribution in [0, 0.1) is 11.3 Å². The van der Waals surface area contributed by atoms with Gasteiger partial charge in [0.25, 0.3) is 0 Å². The van der Waals surface area contributed by atoms with Gasteiger partial charge < -0.3 is 5.73 Å². The second-order valence-corrected chi connectivity index (χ2v) is 3.24. The standard InChI is InChI=1S/C9H8N2OS/c1-13-8-3-2-6(5-10)4-7(8)9(11)12/h2-4H,1H3,(H2,11,12). The van der Waals surface area contributed by atoms with E-state index in [-0.39, 0.29) is 0 Å². The highest BCUT2D eigenvalue weighted by Gasteiger charge is 2.07. The van der Waals surface area contributed by atoms with E-state index in [1.54, 1.807) is 12.1 Å². The lowest BCUT2D eigenvalue weighted by Crippen LogP contribution is -2.12. The minimum Gasteiger partial charge on any atom is -0.366 e. The van der Waals surface area contributed by atoms with E-state index in [1.807, 2.05) is 12.3 Å². The van der Waals surface area contributed by atoms with E-state index in [2.05, 4.69) is 0 Å². The van der Waals surface area contributed by atoms with Gasteiger partial charge >= 0.3 is 0 Å². The highest BCUT2D eigenvalue weighted by Crippen LogP contribution is 2.20. The molecule has 0 fully saturated rings. The van der Waals surface area contributed by atoms with Crippen LogP contribution < -0.4 is 5.73 Å². The van der Waals surface area contributed by atoms with Gasteiger partial charge in [0, 0.05) is 4.90 Å². The van der Waals surface area contributed by atoms with Gasteiger partial charge in [0.15, 0.2) is 0 Å². The van der Waals surface area contributed by atoms with Crippen LogP contribution in [0.2, 0.25) is 0 Å². The van der Waals surface area contributed by atoms with Gasteiger partial charge in [0.1, 0.15) is 0 Å². The summed E-state index contributed by atoms with van der Waals surface area (Å²) in [6.45, 7) is 0. The van der Waals surface area contributed by atoms with Gasteiger partial charge in [0.2, 0.25) is 5.91 Å². The van der Waals surface area contributed by atoms with Gasteiger partial charge in [0.05, 0.1) is 17.2 Å². The third-order valence-electron chi connectivity index (χ3n) is 1.59. The second kappa shape index (κ2) is 3.97. The normalized spacial score (nSPS) is 9.23. The SMILES string of the molecule is CSc1ccc(C#N)cc1C(N)=O. The number of benzene rings is 1.